The van der Waals surface area contributed by atoms with E-state index in [-0.39, 0.29) is 0 Å². The number of nitrogens with zero attached hydrogens (tertiary/aromatic N) is 2. The van der Waals surface area contributed by atoms with Gasteiger partial charge in [-0.05, 0) is 32.9 Å². The molecule has 0 aliphatic carbocycles. The Hall–Kier alpha value is -0.520. The summed E-state index contributed by atoms with van der Waals surface area (Å²) in [5, 5.41) is 1.15. The molecule has 17 heavy (non-hydrogen) atoms. The van der Waals surface area contributed by atoms with Gasteiger partial charge >= 0.3 is 0 Å². The van der Waals surface area contributed by atoms with Crippen molar-refractivity contribution in [1.29, 1.82) is 0 Å². The highest BCUT2D eigenvalue weighted by molar-refractivity contribution is 7.81. The summed E-state index contributed by atoms with van der Waals surface area (Å²) in [4.78, 5) is 8.51. The van der Waals surface area contributed by atoms with E-state index in [1.165, 1.54) is 38.8 Å². The largest absolute Gasteiger partial charge is 0.389 e. The van der Waals surface area contributed by atoms with Crippen molar-refractivity contribution in [2.24, 2.45) is 5.73 Å². The fraction of sp³-hybridized carbons (Fsp3) is 0.667. The molecule has 1 fully saturated rings. The quantitative estimate of drug-likeness (QED) is 0.856. The Morgan fingerprint density at radius 2 is 2.00 bits per heavy atom. The van der Waals surface area contributed by atoms with Gasteiger partial charge in [-0.3, -0.25) is 4.90 Å². The zero-order valence-corrected chi connectivity index (χ0v) is 11.9. The first-order valence-corrected chi connectivity index (χ1v) is 7.38. The number of hydrogen-bond donors (Lipinski definition) is 1. The van der Waals surface area contributed by atoms with E-state index in [2.05, 4.69) is 9.88 Å². The first kappa shape index (κ1) is 12.9. The summed E-state index contributed by atoms with van der Waals surface area (Å²) >= 11 is 6.67. The number of hydrogen-bond acceptors (Lipinski definition) is 4. The highest BCUT2D eigenvalue weighted by atomic mass is 32.1. The van der Waals surface area contributed by atoms with Crippen molar-refractivity contribution < 1.29 is 0 Å². The van der Waals surface area contributed by atoms with Crippen molar-refractivity contribution in [2.75, 3.05) is 13.1 Å². The van der Waals surface area contributed by atoms with Crippen LogP contribution < -0.4 is 5.73 Å². The minimum Gasteiger partial charge on any atom is -0.389 e. The highest BCUT2D eigenvalue weighted by Crippen LogP contribution is 2.20. The summed E-state index contributed by atoms with van der Waals surface area (Å²) in [7, 11) is 0. The molecule has 0 radical (unpaired) electrons. The van der Waals surface area contributed by atoms with E-state index in [0.717, 1.165) is 22.1 Å². The second-order valence-electron chi connectivity index (χ2n) is 4.58. The molecule has 0 atom stereocenters. The van der Waals surface area contributed by atoms with Crippen LogP contribution >= 0.6 is 23.6 Å². The number of rotatable bonds is 3. The number of nitrogens with two attached hydrogens (primary N) is 1. The van der Waals surface area contributed by atoms with Crippen molar-refractivity contribution in [3.63, 3.8) is 0 Å². The van der Waals surface area contributed by atoms with Gasteiger partial charge in [0.05, 0.1) is 17.1 Å². The van der Waals surface area contributed by atoms with Gasteiger partial charge in [0, 0.05) is 0 Å². The van der Waals surface area contributed by atoms with Crippen molar-refractivity contribution in [2.45, 2.75) is 39.2 Å². The molecule has 1 aromatic rings. The SMILES string of the molecule is Cc1nc(CN2CCCCCC2)sc1C(N)=S. The Kier molecular flexibility index (Phi) is 4.48. The Labute approximate surface area is 112 Å². The molecule has 0 spiro atoms. The van der Waals surface area contributed by atoms with Crippen LogP contribution in [0, 0.1) is 6.92 Å². The number of aromatic nitrogens is 1. The smallest absolute Gasteiger partial charge is 0.116 e. The van der Waals surface area contributed by atoms with Crippen LogP contribution in [-0.2, 0) is 6.54 Å². The van der Waals surface area contributed by atoms with E-state index in [1.807, 2.05) is 6.92 Å². The van der Waals surface area contributed by atoms with Gasteiger partial charge in [0.1, 0.15) is 10.00 Å². The number of thiocarbonyl (C=S) groups is 1. The normalized spacial score (nSPS) is 17.9. The summed E-state index contributed by atoms with van der Waals surface area (Å²) in [5.74, 6) is 0. The molecular formula is C12H19N3S2. The molecule has 94 valence electrons. The van der Waals surface area contributed by atoms with Crippen LogP contribution in [-0.4, -0.2) is 28.0 Å². The third-order valence-electron chi connectivity index (χ3n) is 3.12. The van der Waals surface area contributed by atoms with Crippen LogP contribution in [0.15, 0.2) is 0 Å². The fourth-order valence-corrected chi connectivity index (χ4v) is 3.47. The summed E-state index contributed by atoms with van der Waals surface area (Å²) in [6, 6.07) is 0. The lowest BCUT2D eigenvalue weighted by Gasteiger charge is -2.17. The lowest BCUT2D eigenvalue weighted by Crippen LogP contribution is -2.23. The van der Waals surface area contributed by atoms with Gasteiger partial charge in [-0.25, -0.2) is 4.98 Å². The van der Waals surface area contributed by atoms with Gasteiger partial charge in [0.25, 0.3) is 0 Å². The van der Waals surface area contributed by atoms with Gasteiger partial charge < -0.3 is 5.73 Å². The van der Waals surface area contributed by atoms with Crippen LogP contribution in [0.1, 0.15) is 41.3 Å². The van der Waals surface area contributed by atoms with E-state index in [1.54, 1.807) is 11.3 Å². The maximum absolute atomic E-state index is 5.67. The Morgan fingerprint density at radius 3 is 2.53 bits per heavy atom. The fourth-order valence-electron chi connectivity index (χ4n) is 2.23. The van der Waals surface area contributed by atoms with Gasteiger partial charge in [0.2, 0.25) is 0 Å². The minimum atomic E-state index is 0.474. The molecule has 1 aliphatic heterocycles. The van der Waals surface area contributed by atoms with Crippen molar-refractivity contribution in [3.05, 3.63) is 15.6 Å². The standard InChI is InChI=1S/C12H19N3S2/c1-9-11(12(13)16)17-10(14-9)8-15-6-4-2-3-5-7-15/h2-8H2,1H3,(H2,13,16). The van der Waals surface area contributed by atoms with Crippen molar-refractivity contribution in [3.8, 4) is 0 Å². The molecule has 2 heterocycles. The number of aryl methyl sites for hydroxylation is 1. The first-order chi connectivity index (χ1) is 8.16. The third-order valence-corrected chi connectivity index (χ3v) is 4.63. The molecule has 1 aromatic heterocycles. The molecule has 0 unspecified atom stereocenters. The molecule has 3 nitrogen and oxygen atoms in total. The van der Waals surface area contributed by atoms with Crippen molar-refractivity contribution in [1.82, 2.24) is 9.88 Å². The topological polar surface area (TPSA) is 42.2 Å². The van der Waals surface area contributed by atoms with Gasteiger partial charge in [0.15, 0.2) is 0 Å². The Bertz CT molecular complexity index is 392. The summed E-state index contributed by atoms with van der Waals surface area (Å²) in [5.41, 5.74) is 6.65. The Morgan fingerprint density at radius 1 is 1.35 bits per heavy atom. The van der Waals surface area contributed by atoms with E-state index >= 15 is 0 Å². The minimum absolute atomic E-state index is 0.474. The van der Waals surface area contributed by atoms with Crippen LogP contribution in [0.4, 0.5) is 0 Å². The maximum atomic E-state index is 5.67. The van der Waals surface area contributed by atoms with Gasteiger partial charge in [-0.2, -0.15) is 0 Å². The summed E-state index contributed by atoms with van der Waals surface area (Å²) < 4.78 is 0. The van der Waals surface area contributed by atoms with E-state index in [4.69, 9.17) is 18.0 Å². The predicted octanol–water partition coefficient (Wildman–Crippen LogP) is 2.46. The van der Waals surface area contributed by atoms with Gasteiger partial charge in [-0.1, -0.05) is 25.1 Å². The monoisotopic (exact) mass is 269 g/mol. The lowest BCUT2D eigenvalue weighted by molar-refractivity contribution is 0.276. The molecule has 0 amide bonds. The predicted molar refractivity (Wildman–Crippen MR) is 76.5 cm³/mol. The van der Waals surface area contributed by atoms with Crippen LogP contribution in [0.2, 0.25) is 0 Å². The lowest BCUT2D eigenvalue weighted by atomic mass is 10.2. The van der Waals surface area contributed by atoms with Crippen LogP contribution in [0.3, 0.4) is 0 Å². The maximum Gasteiger partial charge on any atom is 0.116 e. The Balaban J connectivity index is 2.02. The van der Waals surface area contributed by atoms with E-state index < -0.39 is 0 Å². The molecule has 2 N–H and O–H groups in total. The molecule has 2 rings (SSSR count). The first-order valence-electron chi connectivity index (χ1n) is 6.15. The number of thiazole rings is 1. The van der Waals surface area contributed by atoms with E-state index in [9.17, 15) is 0 Å². The molecule has 0 bridgehead atoms. The molecule has 5 heteroatoms. The summed E-state index contributed by atoms with van der Waals surface area (Å²) in [6.45, 7) is 5.33. The average molecular weight is 269 g/mol. The zero-order chi connectivity index (χ0) is 12.3. The average Bonchev–Trinajstić information content (AvgIpc) is 2.50. The van der Waals surface area contributed by atoms with E-state index in [0.29, 0.717) is 4.99 Å². The molecule has 0 saturated carbocycles. The third kappa shape index (κ3) is 3.47. The molecular weight excluding hydrogens is 250 g/mol. The number of likely N-dealkylation sites (tertiary alicyclic amines) is 1. The molecule has 1 aliphatic rings. The molecule has 0 aromatic carbocycles. The second-order valence-corrected chi connectivity index (χ2v) is 6.10. The molecule has 1 saturated heterocycles. The van der Waals surface area contributed by atoms with Crippen molar-refractivity contribution >= 4 is 28.5 Å². The van der Waals surface area contributed by atoms with Crippen LogP contribution in [0.25, 0.3) is 0 Å². The van der Waals surface area contributed by atoms with Crippen LogP contribution in [0.5, 0.6) is 0 Å². The second kappa shape index (κ2) is 5.89. The highest BCUT2D eigenvalue weighted by Gasteiger charge is 2.14. The summed E-state index contributed by atoms with van der Waals surface area (Å²) in [6.07, 6.45) is 5.36. The van der Waals surface area contributed by atoms with Gasteiger partial charge in [-0.15, -0.1) is 11.3 Å². The zero-order valence-electron chi connectivity index (χ0n) is 10.2.